The molecule has 3 N–H and O–H groups in total. The van der Waals surface area contributed by atoms with E-state index in [0.717, 1.165) is 5.69 Å². The fourth-order valence-corrected chi connectivity index (χ4v) is 1.74. The lowest BCUT2D eigenvalue weighted by molar-refractivity contribution is -0.123. The van der Waals surface area contributed by atoms with Crippen LogP contribution >= 0.6 is 0 Å². The molecule has 0 spiro atoms. The van der Waals surface area contributed by atoms with Crippen LogP contribution in [-0.4, -0.2) is 26.9 Å². The molecule has 1 heterocycles. The fourth-order valence-electron chi connectivity index (χ4n) is 1.74. The van der Waals surface area contributed by atoms with Gasteiger partial charge in [0, 0.05) is 0 Å². The van der Waals surface area contributed by atoms with Crippen molar-refractivity contribution in [2.45, 2.75) is 32.4 Å². The summed E-state index contributed by atoms with van der Waals surface area (Å²) in [7, 11) is 0. The van der Waals surface area contributed by atoms with Crippen LogP contribution in [0.1, 0.15) is 26.5 Å². The van der Waals surface area contributed by atoms with Crippen LogP contribution in [0.4, 0.5) is 0 Å². The minimum atomic E-state index is -0.627. The van der Waals surface area contributed by atoms with Gasteiger partial charge in [0.15, 0.2) is 0 Å². The zero-order valence-electron chi connectivity index (χ0n) is 11.9. The Hall–Kier alpha value is -2.21. The average Bonchev–Trinajstić information content (AvgIpc) is 2.89. The van der Waals surface area contributed by atoms with Crippen LogP contribution in [0.2, 0.25) is 0 Å². The molecule has 0 bridgehead atoms. The Bertz CT molecular complexity index is 589. The molecule has 0 saturated heterocycles. The molecule has 1 atom stereocenters. The summed E-state index contributed by atoms with van der Waals surface area (Å²) in [6.07, 6.45) is 1.80. The van der Waals surface area contributed by atoms with E-state index in [4.69, 9.17) is 5.73 Å². The summed E-state index contributed by atoms with van der Waals surface area (Å²) in [4.78, 5) is 11.7. The van der Waals surface area contributed by atoms with Crippen LogP contribution in [0.3, 0.4) is 0 Å². The number of carbonyl (C=O) groups excluding carboxylic acids is 1. The Morgan fingerprint density at radius 1 is 1.35 bits per heavy atom. The molecule has 2 rings (SSSR count). The second-order valence-electron chi connectivity index (χ2n) is 5.29. The van der Waals surface area contributed by atoms with Gasteiger partial charge in [-0.3, -0.25) is 4.79 Å². The van der Waals surface area contributed by atoms with Crippen LogP contribution < -0.4 is 11.1 Å². The number of nitrogens with one attached hydrogen (secondary N) is 1. The number of aromatic nitrogens is 3. The summed E-state index contributed by atoms with van der Waals surface area (Å²) < 4.78 is 1.68. The summed E-state index contributed by atoms with van der Waals surface area (Å²) in [5.74, 6) is -0.218. The Morgan fingerprint density at radius 3 is 2.60 bits per heavy atom. The molecule has 0 radical (unpaired) electrons. The SMILES string of the molecule is C[C@H](N)C(=O)NC(C)(C)c1cn(-c2ccccc2)nn1. The van der Waals surface area contributed by atoms with Gasteiger partial charge in [-0.2, -0.15) is 0 Å². The van der Waals surface area contributed by atoms with Gasteiger partial charge in [-0.15, -0.1) is 5.10 Å². The normalized spacial score (nSPS) is 13.0. The van der Waals surface area contributed by atoms with Gasteiger partial charge in [-0.05, 0) is 32.9 Å². The number of para-hydroxylation sites is 1. The summed E-state index contributed by atoms with van der Waals surface area (Å²) >= 11 is 0. The molecule has 6 heteroatoms. The lowest BCUT2D eigenvalue weighted by atomic mass is 10.0. The number of amides is 1. The second-order valence-corrected chi connectivity index (χ2v) is 5.29. The Balaban J connectivity index is 2.22. The third kappa shape index (κ3) is 3.03. The van der Waals surface area contributed by atoms with E-state index in [0.29, 0.717) is 5.69 Å². The molecule has 6 nitrogen and oxygen atoms in total. The molecule has 0 aliphatic heterocycles. The highest BCUT2D eigenvalue weighted by Crippen LogP contribution is 2.18. The summed E-state index contributed by atoms with van der Waals surface area (Å²) in [6.45, 7) is 5.38. The van der Waals surface area contributed by atoms with E-state index >= 15 is 0 Å². The molecule has 1 aromatic heterocycles. The highest BCUT2D eigenvalue weighted by molar-refractivity contribution is 5.81. The van der Waals surface area contributed by atoms with E-state index in [1.165, 1.54) is 0 Å². The van der Waals surface area contributed by atoms with E-state index in [9.17, 15) is 4.79 Å². The van der Waals surface area contributed by atoms with Gasteiger partial charge in [0.1, 0.15) is 5.69 Å². The molecule has 0 unspecified atom stereocenters. The summed E-state index contributed by atoms with van der Waals surface area (Å²) in [5, 5.41) is 11.1. The topological polar surface area (TPSA) is 85.8 Å². The lowest BCUT2D eigenvalue weighted by Gasteiger charge is -2.24. The molecule has 1 aromatic carbocycles. The first-order chi connectivity index (χ1) is 9.40. The second kappa shape index (κ2) is 5.42. The van der Waals surface area contributed by atoms with E-state index in [1.807, 2.05) is 44.2 Å². The maximum atomic E-state index is 11.7. The molecular formula is C14H19N5O. The van der Waals surface area contributed by atoms with E-state index in [1.54, 1.807) is 17.8 Å². The van der Waals surface area contributed by atoms with Crippen molar-refractivity contribution < 1.29 is 4.79 Å². The maximum Gasteiger partial charge on any atom is 0.237 e. The Labute approximate surface area is 118 Å². The van der Waals surface area contributed by atoms with Crippen LogP contribution in [0.25, 0.3) is 5.69 Å². The molecule has 0 aliphatic rings. The molecule has 2 aromatic rings. The Morgan fingerprint density at radius 2 is 2.00 bits per heavy atom. The van der Waals surface area contributed by atoms with Gasteiger partial charge in [-0.1, -0.05) is 23.4 Å². The van der Waals surface area contributed by atoms with Crippen molar-refractivity contribution in [3.8, 4) is 5.69 Å². The van der Waals surface area contributed by atoms with Gasteiger partial charge >= 0.3 is 0 Å². The van der Waals surface area contributed by atoms with Crippen molar-refractivity contribution in [2.75, 3.05) is 0 Å². The van der Waals surface area contributed by atoms with Crippen molar-refractivity contribution in [3.05, 3.63) is 42.2 Å². The van der Waals surface area contributed by atoms with E-state index in [2.05, 4.69) is 15.6 Å². The van der Waals surface area contributed by atoms with Crippen molar-refractivity contribution in [1.82, 2.24) is 20.3 Å². The fraction of sp³-hybridized carbons (Fsp3) is 0.357. The molecule has 1 amide bonds. The highest BCUT2D eigenvalue weighted by atomic mass is 16.2. The van der Waals surface area contributed by atoms with Crippen molar-refractivity contribution in [1.29, 1.82) is 0 Å². The predicted molar refractivity (Wildman–Crippen MR) is 76.2 cm³/mol. The first-order valence-corrected chi connectivity index (χ1v) is 6.46. The van der Waals surface area contributed by atoms with Crippen LogP contribution in [0, 0.1) is 0 Å². The average molecular weight is 273 g/mol. The smallest absolute Gasteiger partial charge is 0.237 e. The maximum absolute atomic E-state index is 11.7. The largest absolute Gasteiger partial charge is 0.344 e. The number of hydrogen-bond acceptors (Lipinski definition) is 4. The first-order valence-electron chi connectivity index (χ1n) is 6.46. The van der Waals surface area contributed by atoms with E-state index < -0.39 is 11.6 Å². The summed E-state index contributed by atoms with van der Waals surface area (Å²) in [5.41, 5.74) is 6.53. The minimum Gasteiger partial charge on any atom is -0.344 e. The van der Waals surface area contributed by atoms with Gasteiger partial charge in [0.25, 0.3) is 0 Å². The molecular weight excluding hydrogens is 254 g/mol. The minimum absolute atomic E-state index is 0.218. The van der Waals surface area contributed by atoms with Gasteiger partial charge < -0.3 is 11.1 Å². The first kappa shape index (κ1) is 14.2. The zero-order chi connectivity index (χ0) is 14.8. The monoisotopic (exact) mass is 273 g/mol. The van der Waals surface area contributed by atoms with Crippen LogP contribution in [0.15, 0.2) is 36.5 Å². The van der Waals surface area contributed by atoms with Crippen molar-refractivity contribution in [3.63, 3.8) is 0 Å². The van der Waals surface area contributed by atoms with Gasteiger partial charge in [0.05, 0.1) is 23.5 Å². The van der Waals surface area contributed by atoms with Gasteiger partial charge in [-0.25, -0.2) is 4.68 Å². The standard InChI is InChI=1S/C14H19N5O/c1-10(15)13(20)16-14(2,3)12-9-19(18-17-12)11-7-5-4-6-8-11/h4-10H,15H2,1-3H3,(H,16,20)/t10-/m0/s1. The number of benzene rings is 1. The van der Waals surface area contributed by atoms with Crippen molar-refractivity contribution >= 4 is 5.91 Å². The molecule has 0 aliphatic carbocycles. The van der Waals surface area contributed by atoms with Crippen LogP contribution in [0.5, 0.6) is 0 Å². The summed E-state index contributed by atoms with van der Waals surface area (Å²) in [6, 6.07) is 9.12. The number of carbonyl (C=O) groups is 1. The van der Waals surface area contributed by atoms with Gasteiger partial charge in [0.2, 0.25) is 5.91 Å². The molecule has 106 valence electrons. The number of nitrogens with zero attached hydrogens (tertiary/aromatic N) is 3. The quantitative estimate of drug-likeness (QED) is 0.869. The van der Waals surface area contributed by atoms with Crippen molar-refractivity contribution in [2.24, 2.45) is 5.73 Å². The van der Waals surface area contributed by atoms with Crippen LogP contribution in [-0.2, 0) is 10.3 Å². The number of hydrogen-bond donors (Lipinski definition) is 2. The predicted octanol–water partition coefficient (Wildman–Crippen LogP) is 0.966. The third-order valence-electron chi connectivity index (χ3n) is 3.00. The lowest BCUT2D eigenvalue weighted by Crippen LogP contribution is -2.48. The number of nitrogens with two attached hydrogens (primary N) is 1. The highest BCUT2D eigenvalue weighted by Gasteiger charge is 2.27. The van der Waals surface area contributed by atoms with E-state index in [-0.39, 0.29) is 5.91 Å². The third-order valence-corrected chi connectivity index (χ3v) is 3.00. The molecule has 0 saturated carbocycles. The Kier molecular flexibility index (Phi) is 3.85. The zero-order valence-corrected chi connectivity index (χ0v) is 11.9. The number of rotatable bonds is 4. The molecule has 20 heavy (non-hydrogen) atoms. The molecule has 0 fully saturated rings.